The molecule has 0 radical (unpaired) electrons. The lowest BCUT2D eigenvalue weighted by Gasteiger charge is -2.49. The molecule has 8 aromatic carbocycles. The van der Waals surface area contributed by atoms with E-state index < -0.39 is 10.8 Å². The Kier molecular flexibility index (Phi) is 7.73. The highest BCUT2D eigenvalue weighted by Gasteiger charge is 2.57. The number of fused-ring (bicyclic) bond motifs is 6. The minimum absolute atomic E-state index is 0.0325. The summed E-state index contributed by atoms with van der Waals surface area (Å²) in [5.74, 6) is 0. The van der Waals surface area contributed by atoms with Gasteiger partial charge in [0.25, 0.3) is 0 Å². The maximum absolute atomic E-state index is 3.96. The average molecular weight is 769 g/mol. The van der Waals surface area contributed by atoms with Crippen LogP contribution in [0.5, 0.6) is 0 Å². The van der Waals surface area contributed by atoms with E-state index in [0.29, 0.717) is 0 Å². The highest BCUT2D eigenvalue weighted by atomic mass is 15.4. The molecule has 1 saturated heterocycles. The first-order valence-electron chi connectivity index (χ1n) is 21.3. The van der Waals surface area contributed by atoms with E-state index in [1.54, 1.807) is 0 Å². The minimum atomic E-state index is -0.559. The van der Waals surface area contributed by atoms with Crippen molar-refractivity contribution >= 4 is 5.69 Å². The summed E-state index contributed by atoms with van der Waals surface area (Å²) in [7, 11) is 0. The van der Waals surface area contributed by atoms with Gasteiger partial charge in [-0.2, -0.15) is 0 Å². The van der Waals surface area contributed by atoms with Crippen LogP contribution in [0.3, 0.4) is 0 Å². The van der Waals surface area contributed by atoms with Crippen LogP contribution in [0, 0.1) is 0 Å². The number of benzene rings is 8. The van der Waals surface area contributed by atoms with Crippen LogP contribution in [0.25, 0.3) is 22.3 Å². The summed E-state index contributed by atoms with van der Waals surface area (Å²) in [6, 6.07) is 77.5. The van der Waals surface area contributed by atoms with E-state index >= 15 is 0 Å². The molecule has 1 N–H and O–H groups in total. The van der Waals surface area contributed by atoms with E-state index in [2.05, 4.69) is 248 Å². The van der Waals surface area contributed by atoms with E-state index in [9.17, 15) is 0 Å². The van der Waals surface area contributed by atoms with Crippen molar-refractivity contribution in [2.24, 2.45) is 0 Å². The number of anilines is 1. The van der Waals surface area contributed by atoms with Crippen LogP contribution in [0.1, 0.15) is 63.2 Å². The van der Waals surface area contributed by atoms with E-state index in [-0.39, 0.29) is 17.7 Å². The summed E-state index contributed by atoms with van der Waals surface area (Å²) >= 11 is 0. The van der Waals surface area contributed by atoms with Gasteiger partial charge in [0.05, 0.1) is 22.4 Å². The minimum Gasteiger partial charge on any atom is -0.341 e. The van der Waals surface area contributed by atoms with Gasteiger partial charge in [0, 0.05) is 5.69 Å². The summed E-state index contributed by atoms with van der Waals surface area (Å²) < 4.78 is 0. The Morgan fingerprint density at radius 2 is 0.950 bits per heavy atom. The van der Waals surface area contributed by atoms with Crippen molar-refractivity contribution in [1.82, 2.24) is 5.32 Å². The Hall–Kier alpha value is -7.00. The van der Waals surface area contributed by atoms with Crippen molar-refractivity contribution in [3.63, 3.8) is 0 Å². The first kappa shape index (κ1) is 35.0. The normalized spacial score (nSPS) is 24.1. The summed E-state index contributed by atoms with van der Waals surface area (Å²) in [4.78, 5) is 2.54. The molecule has 5 atom stereocenters. The predicted molar refractivity (Wildman–Crippen MR) is 246 cm³/mol. The van der Waals surface area contributed by atoms with Crippen molar-refractivity contribution in [2.75, 3.05) is 4.90 Å². The van der Waals surface area contributed by atoms with Gasteiger partial charge in [0.2, 0.25) is 0 Å². The largest absolute Gasteiger partial charge is 0.341 e. The molecule has 2 nitrogen and oxygen atoms in total. The average Bonchev–Trinajstić information content (AvgIpc) is 3.81. The smallest absolute Gasteiger partial charge is 0.107 e. The van der Waals surface area contributed by atoms with Gasteiger partial charge in [0.1, 0.15) is 6.17 Å². The van der Waals surface area contributed by atoms with Crippen LogP contribution in [0.15, 0.2) is 231 Å². The zero-order valence-corrected chi connectivity index (χ0v) is 33.5. The number of nitrogens with zero attached hydrogens (tertiary/aromatic N) is 1. The van der Waals surface area contributed by atoms with E-state index in [0.717, 1.165) is 0 Å². The molecule has 0 bridgehead atoms. The summed E-state index contributed by atoms with van der Waals surface area (Å²) in [6.45, 7) is 2.34. The molecule has 0 saturated carbocycles. The lowest BCUT2D eigenvalue weighted by Crippen LogP contribution is -2.47. The second kappa shape index (κ2) is 13.3. The molecule has 0 spiro atoms. The molecule has 2 heteroatoms. The first-order valence-corrected chi connectivity index (χ1v) is 21.3. The quantitative estimate of drug-likeness (QED) is 0.181. The van der Waals surface area contributed by atoms with Crippen LogP contribution in [0.2, 0.25) is 0 Å². The highest BCUT2D eigenvalue weighted by Crippen LogP contribution is 2.65. The van der Waals surface area contributed by atoms with Gasteiger partial charge >= 0.3 is 0 Å². The maximum Gasteiger partial charge on any atom is 0.107 e. The molecule has 1 fully saturated rings. The lowest BCUT2D eigenvalue weighted by molar-refractivity contribution is 0.532. The number of rotatable bonds is 6. The van der Waals surface area contributed by atoms with Gasteiger partial charge < -0.3 is 4.90 Å². The molecule has 1 heterocycles. The molecular formula is C58H44N2. The van der Waals surface area contributed by atoms with Gasteiger partial charge in [-0.1, -0.05) is 218 Å². The fraction of sp³-hybridized carbons (Fsp3) is 0.103. The molecule has 4 aliphatic rings. The van der Waals surface area contributed by atoms with Crippen LogP contribution in [-0.2, 0) is 10.8 Å². The first-order chi connectivity index (χ1) is 29.6. The van der Waals surface area contributed by atoms with Gasteiger partial charge in [-0.3, -0.25) is 5.32 Å². The third kappa shape index (κ3) is 4.68. The van der Waals surface area contributed by atoms with Gasteiger partial charge in [0.15, 0.2) is 0 Å². The third-order valence-electron chi connectivity index (χ3n) is 14.1. The van der Waals surface area contributed by atoms with Crippen molar-refractivity contribution in [3.05, 3.63) is 281 Å². The fourth-order valence-corrected chi connectivity index (χ4v) is 11.6. The Labute approximate surface area is 352 Å². The Morgan fingerprint density at radius 3 is 1.63 bits per heavy atom. The molecule has 8 aromatic rings. The maximum atomic E-state index is 3.96. The second-order valence-electron chi connectivity index (χ2n) is 17.0. The standard InChI is InChI=1S/C58H44N2/c1-56-39-16-15-30-53(56)59-55(60(56)46-22-9-4-10-23-46)42-33-31-40(32-34-42)41-35-37-45(38-36-41)57(43-18-5-2-6-19-43)50-27-13-14-28-51(50)58(44-20-7-3-8-21-44)49-26-12-11-24-47(49)48-25-17-29-52(57)54(48)58/h2-39,53,55,59H,1H3. The molecule has 1 aliphatic heterocycles. The third-order valence-corrected chi connectivity index (χ3v) is 14.1. The van der Waals surface area contributed by atoms with Crippen LogP contribution in [-0.4, -0.2) is 11.6 Å². The van der Waals surface area contributed by atoms with Crippen molar-refractivity contribution in [2.45, 2.75) is 35.5 Å². The predicted octanol–water partition coefficient (Wildman–Crippen LogP) is 12.8. The lowest BCUT2D eigenvalue weighted by atomic mass is 9.51. The molecule has 286 valence electrons. The van der Waals surface area contributed by atoms with Crippen molar-refractivity contribution in [1.29, 1.82) is 0 Å². The topological polar surface area (TPSA) is 15.3 Å². The van der Waals surface area contributed by atoms with Gasteiger partial charge in [-0.05, 0) is 91.4 Å². The molecule has 0 aromatic heterocycles. The van der Waals surface area contributed by atoms with Crippen molar-refractivity contribution < 1.29 is 0 Å². The van der Waals surface area contributed by atoms with Crippen molar-refractivity contribution in [3.8, 4) is 22.3 Å². The van der Waals surface area contributed by atoms with E-state index in [4.69, 9.17) is 0 Å². The zero-order chi connectivity index (χ0) is 39.9. The van der Waals surface area contributed by atoms with Gasteiger partial charge in [-0.25, -0.2) is 0 Å². The Balaban J connectivity index is 1.01. The van der Waals surface area contributed by atoms with Crippen LogP contribution in [0.4, 0.5) is 5.69 Å². The molecule has 60 heavy (non-hydrogen) atoms. The second-order valence-corrected chi connectivity index (χ2v) is 17.0. The van der Waals surface area contributed by atoms with Crippen LogP contribution < -0.4 is 10.2 Å². The highest BCUT2D eigenvalue weighted by molar-refractivity contribution is 5.91. The number of allylic oxidation sites excluding steroid dienone is 2. The molecule has 12 rings (SSSR count). The molecule has 3 aliphatic carbocycles. The molecule has 5 unspecified atom stereocenters. The van der Waals surface area contributed by atoms with E-state index in [1.807, 2.05) is 0 Å². The molecule has 0 amide bonds. The van der Waals surface area contributed by atoms with E-state index in [1.165, 1.54) is 78.0 Å². The summed E-state index contributed by atoms with van der Waals surface area (Å²) in [6.07, 6.45) is 9.01. The zero-order valence-electron chi connectivity index (χ0n) is 33.5. The van der Waals surface area contributed by atoms with Gasteiger partial charge in [-0.15, -0.1) is 0 Å². The number of hydrogen-bond acceptors (Lipinski definition) is 2. The number of nitrogens with one attached hydrogen (secondary N) is 1. The molecular weight excluding hydrogens is 725 g/mol. The Bertz CT molecular complexity index is 2970. The SMILES string of the molecule is CC12C=CC=CC1NC(c1ccc(-c3ccc(C4(c5ccccc5)c5ccccc5C5(c6ccccc6)c6ccccc6-c6cccc4c65)cc3)cc1)N2c1ccccc1. The van der Waals surface area contributed by atoms with Crippen LogP contribution >= 0.6 is 0 Å². The number of hydrogen-bond donors (Lipinski definition) is 1. The monoisotopic (exact) mass is 768 g/mol. The Morgan fingerprint density at radius 1 is 0.433 bits per heavy atom. The fourth-order valence-electron chi connectivity index (χ4n) is 11.6. The number of para-hydroxylation sites is 1. The summed E-state index contributed by atoms with van der Waals surface area (Å²) in [5.41, 5.74) is 16.9. The summed E-state index contributed by atoms with van der Waals surface area (Å²) in [5, 5.41) is 3.96.